The van der Waals surface area contributed by atoms with Gasteiger partial charge in [0.25, 0.3) is 0 Å². The molecular weight excluding hydrogens is 242 g/mol. The normalized spacial score (nSPS) is 25.6. The molecule has 0 amide bonds. The van der Waals surface area contributed by atoms with E-state index in [1.54, 1.807) is 6.26 Å². The lowest BCUT2D eigenvalue weighted by atomic mass is 10.0. The average molecular weight is 261 g/mol. The second kappa shape index (κ2) is 5.33. The molecule has 1 aliphatic rings. The molecule has 0 spiro atoms. The largest absolute Gasteiger partial charge is 0.464 e. The molecule has 3 atom stereocenters. The third-order valence-electron chi connectivity index (χ3n) is 3.77. The minimum atomic E-state index is -0.436. The zero-order chi connectivity index (χ0) is 13.2. The molecule has 1 aliphatic heterocycles. The van der Waals surface area contributed by atoms with Crippen LogP contribution in [0.4, 0.5) is 0 Å². The highest BCUT2D eigenvalue weighted by Crippen LogP contribution is 2.27. The first-order chi connectivity index (χ1) is 9.25. The summed E-state index contributed by atoms with van der Waals surface area (Å²) in [6.07, 6.45) is 2.20. The van der Waals surface area contributed by atoms with Gasteiger partial charge in [-0.25, -0.2) is 0 Å². The van der Waals surface area contributed by atoms with Crippen LogP contribution in [0.2, 0.25) is 0 Å². The van der Waals surface area contributed by atoms with Crippen LogP contribution in [0.15, 0.2) is 34.9 Å². The van der Waals surface area contributed by atoms with Gasteiger partial charge < -0.3 is 19.6 Å². The fraction of sp³-hybridized carbons (Fsp3) is 0.467. The number of nitrogens with one attached hydrogen (secondary N) is 1. The van der Waals surface area contributed by atoms with E-state index in [1.165, 1.54) is 0 Å². The van der Waals surface area contributed by atoms with Crippen LogP contribution in [-0.4, -0.2) is 30.5 Å². The lowest BCUT2D eigenvalue weighted by molar-refractivity contribution is -0.0299. The Morgan fingerprint density at radius 2 is 2.21 bits per heavy atom. The molecule has 1 aromatic heterocycles. The highest BCUT2D eigenvalue weighted by atomic mass is 16.5. The monoisotopic (exact) mass is 261 g/mol. The Hall–Kier alpha value is -1.36. The predicted molar refractivity (Wildman–Crippen MR) is 73.0 cm³/mol. The van der Waals surface area contributed by atoms with Gasteiger partial charge in [0.05, 0.1) is 19.0 Å². The van der Waals surface area contributed by atoms with E-state index in [0.717, 1.165) is 23.0 Å². The zero-order valence-electron chi connectivity index (χ0n) is 11.0. The molecule has 4 heteroatoms. The summed E-state index contributed by atoms with van der Waals surface area (Å²) >= 11 is 0. The number of furan rings is 1. The topological polar surface area (TPSA) is 54.6 Å². The van der Waals surface area contributed by atoms with Crippen LogP contribution in [0.25, 0.3) is 11.0 Å². The third-order valence-corrected chi connectivity index (χ3v) is 3.77. The van der Waals surface area contributed by atoms with Crippen molar-refractivity contribution in [1.29, 1.82) is 0 Å². The SMILES string of the molecule is CC(NC1CCOCC1O)c1coc2ccccc12. The summed E-state index contributed by atoms with van der Waals surface area (Å²) in [6, 6.07) is 8.23. The molecule has 2 N–H and O–H groups in total. The molecule has 0 radical (unpaired) electrons. The van der Waals surface area contributed by atoms with Gasteiger partial charge in [-0.3, -0.25) is 0 Å². The highest BCUT2D eigenvalue weighted by molar-refractivity contribution is 5.81. The number of hydrogen-bond acceptors (Lipinski definition) is 4. The van der Waals surface area contributed by atoms with Crippen LogP contribution in [0, 0.1) is 0 Å². The van der Waals surface area contributed by atoms with Crippen LogP contribution in [0.5, 0.6) is 0 Å². The Kier molecular flexibility index (Phi) is 3.55. The molecule has 2 aromatic rings. The first kappa shape index (κ1) is 12.7. The van der Waals surface area contributed by atoms with Crippen molar-refractivity contribution in [2.45, 2.75) is 31.5 Å². The van der Waals surface area contributed by atoms with Gasteiger partial charge in [0, 0.05) is 29.6 Å². The van der Waals surface area contributed by atoms with E-state index in [-0.39, 0.29) is 12.1 Å². The molecule has 3 rings (SSSR count). The van der Waals surface area contributed by atoms with Crippen molar-refractivity contribution in [3.63, 3.8) is 0 Å². The second-order valence-corrected chi connectivity index (χ2v) is 5.11. The maximum atomic E-state index is 9.92. The van der Waals surface area contributed by atoms with Crippen LogP contribution in [0.3, 0.4) is 0 Å². The molecule has 0 aliphatic carbocycles. The van der Waals surface area contributed by atoms with Gasteiger partial charge in [0.2, 0.25) is 0 Å². The molecule has 4 nitrogen and oxygen atoms in total. The number of aliphatic hydroxyl groups is 1. The van der Waals surface area contributed by atoms with E-state index >= 15 is 0 Å². The maximum Gasteiger partial charge on any atom is 0.134 e. The summed E-state index contributed by atoms with van der Waals surface area (Å²) in [7, 11) is 0. The van der Waals surface area contributed by atoms with Crippen LogP contribution in [0.1, 0.15) is 24.9 Å². The number of ether oxygens (including phenoxy) is 1. The lowest BCUT2D eigenvalue weighted by Gasteiger charge is -2.31. The Balaban J connectivity index is 1.78. The maximum absolute atomic E-state index is 9.92. The van der Waals surface area contributed by atoms with E-state index in [9.17, 15) is 5.11 Å². The Morgan fingerprint density at radius 3 is 3.05 bits per heavy atom. The van der Waals surface area contributed by atoms with Gasteiger partial charge in [-0.15, -0.1) is 0 Å². The summed E-state index contributed by atoms with van der Waals surface area (Å²) in [6.45, 7) is 3.21. The quantitative estimate of drug-likeness (QED) is 0.889. The number of fused-ring (bicyclic) bond motifs is 1. The van der Waals surface area contributed by atoms with Crippen molar-refractivity contribution >= 4 is 11.0 Å². The Labute approximate surface area is 112 Å². The summed E-state index contributed by atoms with van der Waals surface area (Å²) in [4.78, 5) is 0. The minimum absolute atomic E-state index is 0.0809. The predicted octanol–water partition coefficient (Wildman–Crippen LogP) is 2.23. The Morgan fingerprint density at radius 1 is 1.37 bits per heavy atom. The van der Waals surface area contributed by atoms with E-state index in [1.807, 2.05) is 18.2 Å². The highest BCUT2D eigenvalue weighted by Gasteiger charge is 2.26. The van der Waals surface area contributed by atoms with Crippen molar-refractivity contribution in [2.24, 2.45) is 0 Å². The van der Waals surface area contributed by atoms with Crippen molar-refractivity contribution in [1.82, 2.24) is 5.32 Å². The molecular formula is C15H19NO3. The lowest BCUT2D eigenvalue weighted by Crippen LogP contribution is -2.47. The van der Waals surface area contributed by atoms with E-state index in [0.29, 0.717) is 13.2 Å². The van der Waals surface area contributed by atoms with Gasteiger partial charge in [-0.05, 0) is 19.4 Å². The molecule has 1 saturated heterocycles. The molecule has 0 saturated carbocycles. The van der Waals surface area contributed by atoms with Gasteiger partial charge in [0.1, 0.15) is 5.58 Å². The van der Waals surface area contributed by atoms with Crippen molar-refractivity contribution in [3.05, 3.63) is 36.1 Å². The fourth-order valence-corrected chi connectivity index (χ4v) is 2.66. The molecule has 19 heavy (non-hydrogen) atoms. The summed E-state index contributed by atoms with van der Waals surface area (Å²) < 4.78 is 10.8. The van der Waals surface area contributed by atoms with Crippen LogP contribution in [-0.2, 0) is 4.74 Å². The summed E-state index contributed by atoms with van der Waals surface area (Å²) in [5.41, 5.74) is 2.04. The van der Waals surface area contributed by atoms with Crippen LogP contribution >= 0.6 is 0 Å². The number of aliphatic hydroxyl groups excluding tert-OH is 1. The summed E-state index contributed by atoms with van der Waals surface area (Å²) in [5, 5.41) is 14.5. The standard InChI is InChI=1S/C15H19NO3/c1-10(16-13-6-7-18-9-14(13)17)12-8-19-15-5-3-2-4-11(12)15/h2-5,8,10,13-14,16-17H,6-7,9H2,1H3. The van der Waals surface area contributed by atoms with E-state index in [4.69, 9.17) is 9.15 Å². The first-order valence-electron chi connectivity index (χ1n) is 6.73. The molecule has 2 heterocycles. The molecule has 1 fully saturated rings. The van der Waals surface area contributed by atoms with Crippen molar-refractivity contribution < 1.29 is 14.3 Å². The molecule has 1 aromatic carbocycles. The number of hydrogen-bond donors (Lipinski definition) is 2. The van der Waals surface area contributed by atoms with Crippen molar-refractivity contribution in [3.8, 4) is 0 Å². The molecule has 3 unspecified atom stereocenters. The van der Waals surface area contributed by atoms with Gasteiger partial charge in [0.15, 0.2) is 0 Å². The van der Waals surface area contributed by atoms with Crippen LogP contribution < -0.4 is 5.32 Å². The fourth-order valence-electron chi connectivity index (χ4n) is 2.66. The average Bonchev–Trinajstić information content (AvgIpc) is 2.85. The number of para-hydroxylation sites is 1. The van der Waals surface area contributed by atoms with Gasteiger partial charge >= 0.3 is 0 Å². The van der Waals surface area contributed by atoms with E-state index in [2.05, 4.69) is 18.3 Å². The zero-order valence-corrected chi connectivity index (χ0v) is 11.0. The summed E-state index contributed by atoms with van der Waals surface area (Å²) in [5.74, 6) is 0. The van der Waals surface area contributed by atoms with E-state index < -0.39 is 6.10 Å². The smallest absolute Gasteiger partial charge is 0.134 e. The Bertz CT molecular complexity index is 551. The van der Waals surface area contributed by atoms with Gasteiger partial charge in [-0.1, -0.05) is 18.2 Å². The third kappa shape index (κ3) is 2.52. The molecule has 0 bridgehead atoms. The second-order valence-electron chi connectivity index (χ2n) is 5.11. The number of rotatable bonds is 3. The van der Waals surface area contributed by atoms with Crippen molar-refractivity contribution in [2.75, 3.05) is 13.2 Å². The van der Waals surface area contributed by atoms with Gasteiger partial charge in [-0.2, -0.15) is 0 Å². The minimum Gasteiger partial charge on any atom is -0.464 e. The first-order valence-corrected chi connectivity index (χ1v) is 6.73. The molecule has 102 valence electrons. The number of benzene rings is 1.